The highest BCUT2D eigenvalue weighted by Crippen LogP contribution is 2.33. The fourth-order valence-electron chi connectivity index (χ4n) is 2.67. The van der Waals surface area contributed by atoms with E-state index in [0.717, 1.165) is 11.4 Å². The Morgan fingerprint density at radius 3 is 2.89 bits per heavy atom. The van der Waals surface area contributed by atoms with E-state index in [1.54, 1.807) is 11.3 Å². The maximum atomic E-state index is 10.6. The molecule has 0 saturated heterocycles. The molecule has 0 bridgehead atoms. The number of hydrogen-bond donors (Lipinski definition) is 1. The molecule has 3 nitrogen and oxygen atoms in total. The third-order valence-corrected chi connectivity index (χ3v) is 4.53. The van der Waals surface area contributed by atoms with E-state index in [9.17, 15) is 4.79 Å². The summed E-state index contributed by atoms with van der Waals surface area (Å²) in [5.74, 6) is 0.109. The van der Waals surface area contributed by atoms with E-state index in [1.807, 2.05) is 6.92 Å². The van der Waals surface area contributed by atoms with Crippen LogP contribution >= 0.6 is 11.3 Å². The molecule has 0 spiro atoms. The van der Waals surface area contributed by atoms with Crippen LogP contribution in [-0.2, 0) is 11.2 Å². The van der Waals surface area contributed by atoms with Crippen LogP contribution in [0.3, 0.4) is 0 Å². The normalized spacial score (nSPS) is 18.7. The number of hydrogen-bond acceptors (Lipinski definition) is 3. The number of carboxylic acid groups (broad SMARTS) is 1. The van der Waals surface area contributed by atoms with Crippen molar-refractivity contribution in [2.45, 2.75) is 57.8 Å². The third kappa shape index (κ3) is 3.80. The average Bonchev–Trinajstić information content (AvgIpc) is 2.77. The largest absolute Gasteiger partial charge is 0.481 e. The van der Waals surface area contributed by atoms with Gasteiger partial charge >= 0.3 is 5.97 Å². The van der Waals surface area contributed by atoms with Crippen LogP contribution in [0.25, 0.3) is 0 Å². The summed E-state index contributed by atoms with van der Waals surface area (Å²) in [6.07, 6.45) is 7.59. The molecule has 1 saturated carbocycles. The first kappa shape index (κ1) is 13.5. The van der Waals surface area contributed by atoms with Crippen LogP contribution in [0.15, 0.2) is 5.38 Å². The van der Waals surface area contributed by atoms with Gasteiger partial charge in [0, 0.05) is 24.1 Å². The highest BCUT2D eigenvalue weighted by molar-refractivity contribution is 7.09. The van der Waals surface area contributed by atoms with E-state index in [0.29, 0.717) is 5.92 Å². The first-order chi connectivity index (χ1) is 8.65. The summed E-state index contributed by atoms with van der Waals surface area (Å²) in [5, 5.41) is 12.0. The predicted octanol–water partition coefficient (Wildman–Crippen LogP) is 3.84. The number of aromatic nitrogens is 1. The number of thiazole rings is 1. The Morgan fingerprint density at radius 2 is 2.22 bits per heavy atom. The van der Waals surface area contributed by atoms with E-state index < -0.39 is 5.97 Å². The maximum Gasteiger partial charge on any atom is 0.303 e. The Labute approximate surface area is 112 Å². The highest BCUT2D eigenvalue weighted by Gasteiger charge is 2.19. The minimum atomic E-state index is -0.716. The van der Waals surface area contributed by atoms with Crippen LogP contribution in [-0.4, -0.2) is 16.1 Å². The zero-order chi connectivity index (χ0) is 13.0. The molecule has 100 valence electrons. The SMILES string of the molecule is CC(CC(=O)O)Cc1nc(C2CCCCC2)cs1. The molecule has 18 heavy (non-hydrogen) atoms. The Balaban J connectivity index is 1.91. The van der Waals surface area contributed by atoms with Crippen LogP contribution in [0.2, 0.25) is 0 Å². The number of nitrogens with zero attached hydrogens (tertiary/aromatic N) is 1. The summed E-state index contributed by atoms with van der Waals surface area (Å²) in [6.45, 7) is 1.98. The van der Waals surface area contributed by atoms with E-state index >= 15 is 0 Å². The van der Waals surface area contributed by atoms with E-state index in [1.165, 1.54) is 37.8 Å². The zero-order valence-corrected chi connectivity index (χ0v) is 11.7. The van der Waals surface area contributed by atoms with E-state index in [4.69, 9.17) is 10.1 Å². The van der Waals surface area contributed by atoms with Gasteiger partial charge in [-0.05, 0) is 18.8 Å². The molecule has 2 rings (SSSR count). The molecule has 0 radical (unpaired) electrons. The van der Waals surface area contributed by atoms with Crippen LogP contribution < -0.4 is 0 Å². The first-order valence-corrected chi connectivity index (χ1v) is 7.69. The van der Waals surface area contributed by atoms with Crippen LogP contribution in [0.4, 0.5) is 0 Å². The molecule has 1 aromatic rings. The fraction of sp³-hybridized carbons (Fsp3) is 0.714. The van der Waals surface area contributed by atoms with Gasteiger partial charge in [-0.25, -0.2) is 4.98 Å². The Kier molecular flexibility index (Phi) is 4.75. The first-order valence-electron chi connectivity index (χ1n) is 6.81. The van der Waals surface area contributed by atoms with Crippen molar-refractivity contribution in [2.75, 3.05) is 0 Å². The van der Waals surface area contributed by atoms with Crippen molar-refractivity contribution in [2.24, 2.45) is 5.92 Å². The lowest BCUT2D eigenvalue weighted by molar-refractivity contribution is -0.137. The Bertz CT molecular complexity index is 396. The van der Waals surface area contributed by atoms with Gasteiger partial charge in [0.1, 0.15) is 0 Å². The second kappa shape index (κ2) is 6.32. The average molecular weight is 267 g/mol. The van der Waals surface area contributed by atoms with Gasteiger partial charge in [-0.15, -0.1) is 11.3 Å². The molecule has 1 heterocycles. The molecule has 1 fully saturated rings. The second-order valence-corrected chi connectivity index (χ2v) is 6.35. The summed E-state index contributed by atoms with van der Waals surface area (Å²) < 4.78 is 0. The van der Waals surface area contributed by atoms with Crippen LogP contribution in [0.5, 0.6) is 0 Å². The molecular weight excluding hydrogens is 246 g/mol. The van der Waals surface area contributed by atoms with Crippen molar-refractivity contribution >= 4 is 17.3 Å². The van der Waals surface area contributed by atoms with Crippen LogP contribution in [0.1, 0.15) is 62.1 Å². The van der Waals surface area contributed by atoms with Crippen molar-refractivity contribution in [3.05, 3.63) is 16.1 Å². The molecular formula is C14H21NO2S. The van der Waals surface area contributed by atoms with Gasteiger partial charge < -0.3 is 5.11 Å². The topological polar surface area (TPSA) is 50.2 Å². The van der Waals surface area contributed by atoms with Gasteiger partial charge in [0.25, 0.3) is 0 Å². The van der Waals surface area contributed by atoms with E-state index in [2.05, 4.69) is 5.38 Å². The summed E-state index contributed by atoms with van der Waals surface area (Å²) in [6, 6.07) is 0. The van der Waals surface area contributed by atoms with Gasteiger partial charge in [-0.1, -0.05) is 26.2 Å². The lowest BCUT2D eigenvalue weighted by atomic mass is 9.87. The Hall–Kier alpha value is -0.900. The molecule has 4 heteroatoms. The molecule has 1 aliphatic carbocycles. The summed E-state index contributed by atoms with van der Waals surface area (Å²) in [5.41, 5.74) is 1.25. The molecule has 0 aliphatic heterocycles. The second-order valence-electron chi connectivity index (χ2n) is 5.41. The van der Waals surface area contributed by atoms with Gasteiger partial charge in [-0.3, -0.25) is 4.79 Å². The standard InChI is InChI=1S/C14H21NO2S/c1-10(8-14(16)17)7-13-15-12(9-18-13)11-5-3-2-4-6-11/h9-11H,2-8H2,1H3,(H,16,17). The fourth-order valence-corrected chi connectivity index (χ4v) is 3.71. The van der Waals surface area contributed by atoms with Gasteiger partial charge in [0.05, 0.1) is 10.7 Å². The van der Waals surface area contributed by atoms with Crippen molar-refractivity contribution in [3.63, 3.8) is 0 Å². The zero-order valence-electron chi connectivity index (χ0n) is 10.9. The molecule has 1 aromatic heterocycles. The van der Waals surface area contributed by atoms with Crippen LogP contribution in [0, 0.1) is 5.92 Å². The lowest BCUT2D eigenvalue weighted by Gasteiger charge is -2.19. The molecule has 1 aliphatic rings. The lowest BCUT2D eigenvalue weighted by Crippen LogP contribution is -2.08. The summed E-state index contributed by atoms with van der Waals surface area (Å²) in [4.78, 5) is 15.3. The number of aliphatic carboxylic acids is 1. The van der Waals surface area contributed by atoms with Crippen molar-refractivity contribution in [1.82, 2.24) is 4.98 Å². The summed E-state index contributed by atoms with van der Waals surface area (Å²) in [7, 11) is 0. The van der Waals surface area contributed by atoms with Gasteiger partial charge in [0.2, 0.25) is 0 Å². The highest BCUT2D eigenvalue weighted by atomic mass is 32.1. The number of rotatable bonds is 5. The quantitative estimate of drug-likeness (QED) is 0.881. The third-order valence-electron chi connectivity index (χ3n) is 3.64. The van der Waals surface area contributed by atoms with E-state index in [-0.39, 0.29) is 12.3 Å². The summed E-state index contributed by atoms with van der Waals surface area (Å²) >= 11 is 1.69. The predicted molar refractivity (Wildman–Crippen MR) is 73.1 cm³/mol. The number of carboxylic acids is 1. The monoisotopic (exact) mass is 267 g/mol. The molecule has 0 aromatic carbocycles. The Morgan fingerprint density at radius 1 is 1.50 bits per heavy atom. The van der Waals surface area contributed by atoms with Crippen molar-refractivity contribution < 1.29 is 9.90 Å². The van der Waals surface area contributed by atoms with Crippen molar-refractivity contribution in [3.8, 4) is 0 Å². The van der Waals surface area contributed by atoms with Crippen molar-refractivity contribution in [1.29, 1.82) is 0 Å². The maximum absolute atomic E-state index is 10.6. The minimum absolute atomic E-state index is 0.174. The molecule has 1 unspecified atom stereocenters. The molecule has 1 N–H and O–H groups in total. The minimum Gasteiger partial charge on any atom is -0.481 e. The smallest absolute Gasteiger partial charge is 0.303 e. The van der Waals surface area contributed by atoms with Gasteiger partial charge in [-0.2, -0.15) is 0 Å². The number of carbonyl (C=O) groups is 1. The molecule has 1 atom stereocenters. The van der Waals surface area contributed by atoms with Gasteiger partial charge in [0.15, 0.2) is 0 Å². The molecule has 0 amide bonds.